The third kappa shape index (κ3) is 5.69. The first-order valence-electron chi connectivity index (χ1n) is 10.1. The molecule has 1 aliphatic rings. The van der Waals surface area contributed by atoms with Gasteiger partial charge in [-0.2, -0.15) is 4.31 Å². The normalized spacial score (nSPS) is 14.8. The van der Waals surface area contributed by atoms with Crippen molar-refractivity contribution in [2.45, 2.75) is 25.2 Å². The smallest absolute Gasteiger partial charge is 0.338 e. The summed E-state index contributed by atoms with van der Waals surface area (Å²) in [5, 5.41) is 2.66. The standard InChI is InChI=1S/C22H26N2O6S/c1-3-17-5-7-18(8-6-17)23-21(25)15-30-22(26)20-14-19(9-4-16(20)2)31(27,28)24-10-12-29-13-11-24/h4-9,14H,3,10-13,15H2,1-2H3,(H,23,25). The minimum absolute atomic E-state index is 0.00687. The van der Waals surface area contributed by atoms with Gasteiger partial charge in [-0.25, -0.2) is 13.2 Å². The Morgan fingerprint density at radius 2 is 1.77 bits per heavy atom. The Hall–Kier alpha value is -2.75. The fraction of sp³-hybridized carbons (Fsp3) is 0.364. The van der Waals surface area contributed by atoms with E-state index in [0.717, 1.165) is 12.0 Å². The van der Waals surface area contributed by atoms with Gasteiger partial charge < -0.3 is 14.8 Å². The SMILES string of the molecule is CCc1ccc(NC(=O)COC(=O)c2cc(S(=O)(=O)N3CCOCC3)ccc2C)cc1. The maximum absolute atomic E-state index is 12.8. The lowest BCUT2D eigenvalue weighted by Gasteiger charge is -2.26. The number of hydrogen-bond donors (Lipinski definition) is 1. The van der Waals surface area contributed by atoms with Crippen molar-refractivity contribution < 1.29 is 27.5 Å². The lowest BCUT2D eigenvalue weighted by Crippen LogP contribution is -2.40. The van der Waals surface area contributed by atoms with Crippen LogP contribution in [0.4, 0.5) is 5.69 Å². The molecule has 1 amide bonds. The first kappa shape index (κ1) is 22.9. The minimum Gasteiger partial charge on any atom is -0.452 e. The topological polar surface area (TPSA) is 102 Å². The molecule has 0 atom stereocenters. The molecule has 0 unspecified atom stereocenters. The predicted molar refractivity (Wildman–Crippen MR) is 115 cm³/mol. The van der Waals surface area contributed by atoms with Crippen molar-refractivity contribution in [2.24, 2.45) is 0 Å². The van der Waals surface area contributed by atoms with Gasteiger partial charge in [0.15, 0.2) is 6.61 Å². The van der Waals surface area contributed by atoms with E-state index in [0.29, 0.717) is 24.5 Å². The number of rotatable bonds is 7. The second-order valence-electron chi connectivity index (χ2n) is 7.17. The summed E-state index contributed by atoms with van der Waals surface area (Å²) in [5.41, 5.74) is 2.41. The number of hydrogen-bond acceptors (Lipinski definition) is 6. The van der Waals surface area contributed by atoms with E-state index in [4.69, 9.17) is 9.47 Å². The van der Waals surface area contributed by atoms with Gasteiger partial charge in [0, 0.05) is 18.8 Å². The van der Waals surface area contributed by atoms with Gasteiger partial charge in [0.2, 0.25) is 10.0 Å². The molecule has 0 aliphatic carbocycles. The fourth-order valence-corrected chi connectivity index (χ4v) is 4.58. The fourth-order valence-electron chi connectivity index (χ4n) is 3.15. The molecule has 9 heteroatoms. The Kier molecular flexibility index (Phi) is 7.42. The van der Waals surface area contributed by atoms with Crippen LogP contribution in [0.15, 0.2) is 47.4 Å². The minimum atomic E-state index is -3.75. The average molecular weight is 447 g/mol. The van der Waals surface area contributed by atoms with Crippen LogP contribution in [0.25, 0.3) is 0 Å². The highest BCUT2D eigenvalue weighted by Gasteiger charge is 2.27. The van der Waals surface area contributed by atoms with E-state index in [9.17, 15) is 18.0 Å². The van der Waals surface area contributed by atoms with Crippen molar-refractivity contribution in [3.05, 3.63) is 59.2 Å². The van der Waals surface area contributed by atoms with Crippen LogP contribution >= 0.6 is 0 Å². The zero-order valence-corrected chi connectivity index (χ0v) is 18.4. The molecular formula is C22H26N2O6S. The second kappa shape index (κ2) is 10.0. The molecule has 0 radical (unpaired) electrons. The molecule has 1 saturated heterocycles. The van der Waals surface area contributed by atoms with E-state index < -0.39 is 28.5 Å². The van der Waals surface area contributed by atoms with E-state index in [1.54, 1.807) is 25.1 Å². The predicted octanol–water partition coefficient (Wildman–Crippen LogP) is 2.37. The Morgan fingerprint density at radius 3 is 2.42 bits per heavy atom. The molecule has 0 aromatic heterocycles. The van der Waals surface area contributed by atoms with Crippen LogP contribution in [0.5, 0.6) is 0 Å². The second-order valence-corrected chi connectivity index (χ2v) is 9.11. The highest BCUT2D eigenvalue weighted by Crippen LogP contribution is 2.21. The first-order chi connectivity index (χ1) is 14.8. The molecule has 1 aliphatic heterocycles. The maximum Gasteiger partial charge on any atom is 0.338 e. The molecule has 31 heavy (non-hydrogen) atoms. The van der Waals surface area contributed by atoms with Crippen molar-refractivity contribution in [3.63, 3.8) is 0 Å². The first-order valence-corrected chi connectivity index (χ1v) is 11.5. The molecule has 1 N–H and O–H groups in total. The Labute approximate surface area is 182 Å². The summed E-state index contributed by atoms with van der Waals surface area (Å²) in [6.45, 7) is 4.42. The summed E-state index contributed by atoms with van der Waals surface area (Å²) in [5.74, 6) is -1.24. The number of benzene rings is 2. The van der Waals surface area contributed by atoms with Crippen molar-refractivity contribution in [3.8, 4) is 0 Å². The number of morpholine rings is 1. The quantitative estimate of drug-likeness (QED) is 0.655. The van der Waals surface area contributed by atoms with Gasteiger partial charge >= 0.3 is 5.97 Å². The van der Waals surface area contributed by atoms with Gasteiger partial charge in [0.05, 0.1) is 23.7 Å². The van der Waals surface area contributed by atoms with Crippen LogP contribution in [0.3, 0.4) is 0 Å². The zero-order chi connectivity index (χ0) is 22.4. The summed E-state index contributed by atoms with van der Waals surface area (Å²) in [6, 6.07) is 11.7. The van der Waals surface area contributed by atoms with Crippen molar-refractivity contribution >= 4 is 27.6 Å². The van der Waals surface area contributed by atoms with Gasteiger partial charge in [-0.3, -0.25) is 4.79 Å². The number of sulfonamides is 1. The highest BCUT2D eigenvalue weighted by atomic mass is 32.2. The van der Waals surface area contributed by atoms with Crippen LogP contribution < -0.4 is 5.32 Å². The van der Waals surface area contributed by atoms with Gasteiger partial charge in [-0.1, -0.05) is 25.1 Å². The Morgan fingerprint density at radius 1 is 1.10 bits per heavy atom. The molecule has 0 saturated carbocycles. The number of carbonyl (C=O) groups is 2. The molecule has 166 valence electrons. The lowest BCUT2D eigenvalue weighted by atomic mass is 10.1. The summed E-state index contributed by atoms with van der Waals surface area (Å²) < 4.78 is 37.3. The molecule has 3 rings (SSSR count). The highest BCUT2D eigenvalue weighted by molar-refractivity contribution is 7.89. The number of aryl methyl sites for hydroxylation is 2. The van der Waals surface area contributed by atoms with Gasteiger partial charge in [0.25, 0.3) is 5.91 Å². The van der Waals surface area contributed by atoms with Gasteiger partial charge in [-0.05, 0) is 48.7 Å². The number of esters is 1. The summed E-state index contributed by atoms with van der Waals surface area (Å²) >= 11 is 0. The lowest BCUT2D eigenvalue weighted by molar-refractivity contribution is -0.119. The third-order valence-electron chi connectivity index (χ3n) is 5.02. The Bertz CT molecular complexity index is 1040. The molecular weight excluding hydrogens is 420 g/mol. The molecule has 0 bridgehead atoms. The number of amides is 1. The van der Waals surface area contributed by atoms with Crippen LogP contribution in [0.2, 0.25) is 0 Å². The largest absolute Gasteiger partial charge is 0.452 e. The van der Waals surface area contributed by atoms with Crippen LogP contribution in [0.1, 0.15) is 28.4 Å². The molecule has 0 spiro atoms. The summed E-state index contributed by atoms with van der Waals surface area (Å²) in [4.78, 5) is 24.7. The zero-order valence-electron chi connectivity index (χ0n) is 17.6. The van der Waals surface area contributed by atoms with E-state index in [1.807, 2.05) is 19.1 Å². The molecule has 1 heterocycles. The monoisotopic (exact) mass is 446 g/mol. The number of ether oxygens (including phenoxy) is 2. The molecule has 8 nitrogen and oxygen atoms in total. The number of anilines is 1. The molecule has 1 fully saturated rings. The van der Waals surface area contributed by atoms with E-state index in [2.05, 4.69) is 5.32 Å². The van der Waals surface area contributed by atoms with Crippen LogP contribution in [-0.4, -0.2) is 57.5 Å². The van der Waals surface area contributed by atoms with Crippen molar-refractivity contribution in [2.75, 3.05) is 38.2 Å². The third-order valence-corrected chi connectivity index (χ3v) is 6.91. The molecule has 2 aromatic carbocycles. The summed E-state index contributed by atoms with van der Waals surface area (Å²) in [7, 11) is -3.75. The number of nitrogens with zero attached hydrogens (tertiary/aromatic N) is 1. The van der Waals surface area contributed by atoms with Crippen LogP contribution in [-0.2, 0) is 30.7 Å². The van der Waals surface area contributed by atoms with Crippen molar-refractivity contribution in [1.82, 2.24) is 4.31 Å². The van der Waals surface area contributed by atoms with Crippen LogP contribution in [0, 0.1) is 6.92 Å². The number of nitrogens with one attached hydrogen (secondary N) is 1. The van der Waals surface area contributed by atoms with E-state index >= 15 is 0 Å². The Balaban J connectivity index is 1.65. The molecule has 2 aromatic rings. The number of carbonyl (C=O) groups excluding carboxylic acids is 2. The van der Waals surface area contributed by atoms with Crippen molar-refractivity contribution in [1.29, 1.82) is 0 Å². The maximum atomic E-state index is 12.8. The summed E-state index contributed by atoms with van der Waals surface area (Å²) in [6.07, 6.45) is 0.894. The van der Waals surface area contributed by atoms with Gasteiger partial charge in [-0.15, -0.1) is 0 Å². The van der Waals surface area contributed by atoms with E-state index in [-0.39, 0.29) is 23.5 Å². The van der Waals surface area contributed by atoms with E-state index in [1.165, 1.54) is 16.4 Å². The van der Waals surface area contributed by atoms with Gasteiger partial charge in [0.1, 0.15) is 0 Å². The average Bonchev–Trinajstić information content (AvgIpc) is 2.78.